The van der Waals surface area contributed by atoms with E-state index < -0.39 is 11.9 Å². The maximum Gasteiger partial charge on any atom is 0.254 e. The number of carbonyl (C=O) groups is 2. The number of hydrogen-bond donors (Lipinski definition) is 3. The molecule has 0 bridgehead atoms. The number of aromatic nitrogens is 3. The molecule has 144 valence electrons. The van der Waals surface area contributed by atoms with Gasteiger partial charge in [-0.25, -0.2) is 9.37 Å². The highest BCUT2D eigenvalue weighted by Gasteiger charge is 2.32. The van der Waals surface area contributed by atoms with Crippen LogP contribution in [0.25, 0.3) is 11.3 Å². The topological polar surface area (TPSA) is 101 Å². The van der Waals surface area contributed by atoms with E-state index in [2.05, 4.69) is 26.0 Å². The number of likely N-dealkylation sites (N-methyl/N-ethyl adjacent to an activating group) is 1. The second-order valence-electron chi connectivity index (χ2n) is 7.00. The first-order valence-electron chi connectivity index (χ1n) is 8.79. The fraction of sp³-hybridized carbons (Fsp3) is 0.444. The van der Waals surface area contributed by atoms with Crippen LogP contribution in [0.5, 0.6) is 0 Å². The molecule has 0 saturated heterocycles. The van der Waals surface area contributed by atoms with E-state index in [1.807, 2.05) is 13.8 Å². The van der Waals surface area contributed by atoms with Gasteiger partial charge in [0, 0.05) is 38.0 Å². The van der Waals surface area contributed by atoms with Crippen LogP contribution in [0.4, 0.5) is 10.2 Å². The molecule has 3 rings (SSSR count). The molecule has 9 heteroatoms. The predicted molar refractivity (Wildman–Crippen MR) is 98.5 cm³/mol. The minimum absolute atomic E-state index is 0.0432. The zero-order valence-electron chi connectivity index (χ0n) is 15.8. The number of nitrogens with zero attached hydrogens (tertiary/aromatic N) is 3. The van der Waals surface area contributed by atoms with Gasteiger partial charge in [-0.15, -0.1) is 0 Å². The van der Waals surface area contributed by atoms with Crippen LogP contribution in [0, 0.1) is 11.7 Å². The van der Waals surface area contributed by atoms with Gasteiger partial charge in [-0.3, -0.25) is 14.3 Å². The Bertz CT molecular complexity index is 892. The Morgan fingerprint density at radius 3 is 2.78 bits per heavy atom. The Morgan fingerprint density at radius 2 is 2.19 bits per heavy atom. The van der Waals surface area contributed by atoms with Crippen LogP contribution in [-0.4, -0.2) is 39.7 Å². The molecule has 0 aromatic carbocycles. The summed E-state index contributed by atoms with van der Waals surface area (Å²) in [6, 6.07) is -0.637. The van der Waals surface area contributed by atoms with Crippen LogP contribution in [0.3, 0.4) is 0 Å². The molecule has 0 radical (unpaired) electrons. The Kier molecular flexibility index (Phi) is 5.11. The van der Waals surface area contributed by atoms with Gasteiger partial charge in [-0.2, -0.15) is 5.10 Å². The Hall–Kier alpha value is -2.97. The molecule has 0 saturated carbocycles. The summed E-state index contributed by atoms with van der Waals surface area (Å²) < 4.78 is 16.6. The average molecular weight is 374 g/mol. The molecule has 0 aliphatic carbocycles. The number of nitrogens with one attached hydrogen (secondary N) is 3. The number of hydrogen-bond acceptors (Lipinski definition) is 5. The highest BCUT2D eigenvalue weighted by atomic mass is 19.1. The zero-order chi connectivity index (χ0) is 19.7. The third kappa shape index (κ3) is 3.62. The molecule has 1 aliphatic rings. The van der Waals surface area contributed by atoms with Crippen molar-refractivity contribution < 1.29 is 14.0 Å². The molecular formula is C18H23FN6O2. The monoisotopic (exact) mass is 374 g/mol. The lowest BCUT2D eigenvalue weighted by Gasteiger charge is -2.21. The third-order valence-electron chi connectivity index (χ3n) is 4.45. The van der Waals surface area contributed by atoms with Crippen molar-refractivity contribution in [3.8, 4) is 11.3 Å². The van der Waals surface area contributed by atoms with Crippen LogP contribution in [0.1, 0.15) is 36.2 Å². The number of pyridine rings is 1. The molecule has 0 fully saturated rings. The molecule has 27 heavy (non-hydrogen) atoms. The van der Waals surface area contributed by atoms with Crippen molar-refractivity contribution in [1.29, 1.82) is 0 Å². The fourth-order valence-electron chi connectivity index (χ4n) is 3.17. The lowest BCUT2D eigenvalue weighted by Crippen LogP contribution is -2.39. The lowest BCUT2D eigenvalue weighted by atomic mass is 10.0. The van der Waals surface area contributed by atoms with Crippen LogP contribution < -0.4 is 16.0 Å². The summed E-state index contributed by atoms with van der Waals surface area (Å²) in [4.78, 5) is 28.8. The van der Waals surface area contributed by atoms with E-state index in [9.17, 15) is 9.59 Å². The number of aryl methyl sites for hydroxylation is 1. The summed E-state index contributed by atoms with van der Waals surface area (Å²) in [7, 11) is 3.28. The van der Waals surface area contributed by atoms with Crippen LogP contribution in [0.2, 0.25) is 0 Å². The summed E-state index contributed by atoms with van der Waals surface area (Å²) in [6.07, 6.45) is 3.79. The molecule has 0 spiro atoms. The second-order valence-corrected chi connectivity index (χ2v) is 7.00. The molecule has 3 N–H and O–H groups in total. The number of halogens is 1. The second kappa shape index (κ2) is 7.34. The van der Waals surface area contributed by atoms with Gasteiger partial charge in [0.2, 0.25) is 5.91 Å². The first-order chi connectivity index (χ1) is 12.8. The molecule has 2 aromatic rings. The SMILES string of the molecule is CNC(=O)[C@@H](CC(C)C)Nc1nc(-c2cnn(C)c2)c2c(c1F)CNC2=O. The molecule has 1 atom stereocenters. The van der Waals surface area contributed by atoms with Crippen LogP contribution in [-0.2, 0) is 18.4 Å². The Labute approximate surface area is 156 Å². The predicted octanol–water partition coefficient (Wildman–Crippen LogP) is 1.44. The molecule has 2 amide bonds. The summed E-state index contributed by atoms with van der Waals surface area (Å²) in [6.45, 7) is 4.04. The van der Waals surface area contributed by atoms with Crippen LogP contribution in [0.15, 0.2) is 12.4 Å². The quantitative estimate of drug-likeness (QED) is 0.710. The van der Waals surface area contributed by atoms with Crippen molar-refractivity contribution in [2.24, 2.45) is 13.0 Å². The first kappa shape index (κ1) is 18.8. The van der Waals surface area contributed by atoms with Crippen molar-refractivity contribution in [2.45, 2.75) is 32.9 Å². The van der Waals surface area contributed by atoms with Gasteiger partial charge in [0.1, 0.15) is 6.04 Å². The molecule has 0 unspecified atom stereocenters. The molecule has 8 nitrogen and oxygen atoms in total. The standard InChI is InChI=1S/C18H23FN6O2/c1-9(2)5-12(17(26)20-3)23-16-14(19)11-7-21-18(27)13(11)15(24-16)10-6-22-25(4)8-10/h6,8-9,12H,5,7H2,1-4H3,(H,20,26)(H,21,27)(H,23,24)/t12-/m1/s1. The normalized spacial score (nSPS) is 14.1. The number of anilines is 1. The van der Waals surface area contributed by atoms with Gasteiger partial charge < -0.3 is 16.0 Å². The van der Waals surface area contributed by atoms with Gasteiger partial charge in [0.25, 0.3) is 5.91 Å². The molecule has 3 heterocycles. The number of fused-ring (bicyclic) bond motifs is 1. The smallest absolute Gasteiger partial charge is 0.254 e. The molecular weight excluding hydrogens is 351 g/mol. The van der Waals surface area contributed by atoms with Crippen molar-refractivity contribution >= 4 is 17.6 Å². The highest BCUT2D eigenvalue weighted by Crippen LogP contribution is 2.33. The van der Waals surface area contributed by atoms with Gasteiger partial charge in [-0.05, 0) is 12.3 Å². The summed E-state index contributed by atoms with van der Waals surface area (Å²) in [5.74, 6) is -1.06. The zero-order valence-corrected chi connectivity index (χ0v) is 15.8. The van der Waals surface area contributed by atoms with Gasteiger partial charge in [0.05, 0.1) is 17.5 Å². The highest BCUT2D eigenvalue weighted by molar-refractivity contribution is 6.04. The van der Waals surface area contributed by atoms with Crippen LogP contribution >= 0.6 is 0 Å². The summed E-state index contributed by atoms with van der Waals surface area (Å²) in [5, 5.41) is 12.3. The maximum atomic E-state index is 15.0. The van der Waals surface area contributed by atoms with Gasteiger partial charge >= 0.3 is 0 Å². The van der Waals surface area contributed by atoms with Gasteiger partial charge in [0.15, 0.2) is 11.6 Å². The van der Waals surface area contributed by atoms with E-state index in [-0.39, 0.29) is 41.2 Å². The van der Waals surface area contributed by atoms with Crippen molar-refractivity contribution in [3.63, 3.8) is 0 Å². The van der Waals surface area contributed by atoms with E-state index >= 15 is 4.39 Å². The van der Waals surface area contributed by atoms with E-state index in [1.165, 1.54) is 7.05 Å². The van der Waals surface area contributed by atoms with E-state index in [1.54, 1.807) is 24.1 Å². The molecule has 1 aliphatic heterocycles. The minimum atomic E-state index is -0.637. The maximum absolute atomic E-state index is 15.0. The summed E-state index contributed by atoms with van der Waals surface area (Å²) >= 11 is 0. The fourth-order valence-corrected chi connectivity index (χ4v) is 3.17. The van der Waals surface area contributed by atoms with Gasteiger partial charge in [-0.1, -0.05) is 13.8 Å². The minimum Gasteiger partial charge on any atom is -0.357 e. The number of rotatable bonds is 6. The average Bonchev–Trinajstić information content (AvgIpc) is 3.22. The Morgan fingerprint density at radius 1 is 1.44 bits per heavy atom. The van der Waals surface area contributed by atoms with Crippen molar-refractivity contribution in [3.05, 3.63) is 29.3 Å². The number of carbonyl (C=O) groups excluding carboxylic acids is 2. The Balaban J connectivity index is 2.08. The lowest BCUT2D eigenvalue weighted by molar-refractivity contribution is -0.121. The van der Waals surface area contributed by atoms with E-state index in [0.29, 0.717) is 17.7 Å². The molecule has 2 aromatic heterocycles. The first-order valence-corrected chi connectivity index (χ1v) is 8.79. The van der Waals surface area contributed by atoms with E-state index in [0.717, 1.165) is 0 Å². The summed E-state index contributed by atoms with van der Waals surface area (Å²) in [5.41, 5.74) is 1.41. The third-order valence-corrected chi connectivity index (χ3v) is 4.45. The van der Waals surface area contributed by atoms with Crippen molar-refractivity contribution in [1.82, 2.24) is 25.4 Å². The van der Waals surface area contributed by atoms with E-state index in [4.69, 9.17) is 0 Å². The largest absolute Gasteiger partial charge is 0.357 e. The number of amides is 2. The van der Waals surface area contributed by atoms with Crippen molar-refractivity contribution in [2.75, 3.05) is 12.4 Å².